The maximum absolute atomic E-state index is 12.1. The molecular formula is C12H20F3N3O. The fourth-order valence-electron chi connectivity index (χ4n) is 1.53. The molecular weight excluding hydrogens is 259 g/mol. The molecule has 0 aliphatic rings. The lowest BCUT2D eigenvalue weighted by Gasteiger charge is -2.20. The molecule has 1 unspecified atom stereocenters. The SMILES string of the molecule is CC(C)(C)c1nc(C(C)(N)CCCC(F)(F)F)no1. The average Bonchev–Trinajstić information content (AvgIpc) is 2.62. The van der Waals surface area contributed by atoms with Crippen LogP contribution in [0.25, 0.3) is 0 Å². The fraction of sp³-hybridized carbons (Fsp3) is 0.833. The van der Waals surface area contributed by atoms with Gasteiger partial charge in [0, 0.05) is 11.8 Å². The second-order valence-corrected chi connectivity index (χ2v) is 6.06. The lowest BCUT2D eigenvalue weighted by atomic mass is 9.94. The van der Waals surface area contributed by atoms with E-state index >= 15 is 0 Å². The average molecular weight is 279 g/mol. The second kappa shape index (κ2) is 5.11. The molecule has 110 valence electrons. The number of halogens is 3. The van der Waals surface area contributed by atoms with E-state index in [0.717, 1.165) is 0 Å². The van der Waals surface area contributed by atoms with Crippen molar-refractivity contribution in [1.29, 1.82) is 0 Å². The van der Waals surface area contributed by atoms with Crippen molar-refractivity contribution in [2.24, 2.45) is 5.73 Å². The molecule has 0 radical (unpaired) electrons. The topological polar surface area (TPSA) is 64.9 Å². The highest BCUT2D eigenvalue weighted by Crippen LogP contribution is 2.29. The van der Waals surface area contributed by atoms with E-state index in [0.29, 0.717) is 5.89 Å². The fourth-order valence-corrected chi connectivity index (χ4v) is 1.53. The van der Waals surface area contributed by atoms with Crippen molar-refractivity contribution in [2.75, 3.05) is 0 Å². The normalized spacial score (nSPS) is 16.4. The van der Waals surface area contributed by atoms with Gasteiger partial charge in [0.15, 0.2) is 5.82 Å². The summed E-state index contributed by atoms with van der Waals surface area (Å²) in [7, 11) is 0. The Bertz CT molecular complexity index is 419. The van der Waals surface area contributed by atoms with Crippen LogP contribution in [0.4, 0.5) is 13.2 Å². The molecule has 0 fully saturated rings. The van der Waals surface area contributed by atoms with E-state index in [1.54, 1.807) is 6.92 Å². The monoisotopic (exact) mass is 279 g/mol. The van der Waals surface area contributed by atoms with Crippen LogP contribution < -0.4 is 5.73 Å². The van der Waals surface area contributed by atoms with E-state index in [4.69, 9.17) is 10.3 Å². The zero-order valence-electron chi connectivity index (χ0n) is 11.6. The number of nitrogens with two attached hydrogens (primary N) is 1. The molecule has 2 N–H and O–H groups in total. The van der Waals surface area contributed by atoms with Crippen molar-refractivity contribution < 1.29 is 17.7 Å². The Kier molecular flexibility index (Phi) is 4.29. The molecule has 1 rings (SSSR count). The standard InChI is InChI=1S/C12H20F3N3O/c1-10(2,3)9-17-8(18-19-9)11(4,16)6-5-7-12(13,14)15/h5-7,16H2,1-4H3. The summed E-state index contributed by atoms with van der Waals surface area (Å²) in [6.07, 6.45) is -4.93. The number of hydrogen-bond donors (Lipinski definition) is 1. The Hall–Kier alpha value is -1.11. The molecule has 1 aromatic heterocycles. The summed E-state index contributed by atoms with van der Waals surface area (Å²) in [5.74, 6) is 0.676. The molecule has 0 spiro atoms. The first-order chi connectivity index (χ1) is 8.42. The summed E-state index contributed by atoms with van der Waals surface area (Å²) in [6.45, 7) is 7.33. The minimum atomic E-state index is -4.16. The predicted molar refractivity (Wildman–Crippen MR) is 64.4 cm³/mol. The van der Waals surface area contributed by atoms with Crippen molar-refractivity contribution in [3.63, 3.8) is 0 Å². The van der Waals surface area contributed by atoms with Gasteiger partial charge in [-0.1, -0.05) is 25.9 Å². The van der Waals surface area contributed by atoms with Crippen LogP contribution in [0, 0.1) is 0 Å². The van der Waals surface area contributed by atoms with E-state index in [1.165, 1.54) is 0 Å². The smallest absolute Gasteiger partial charge is 0.339 e. The lowest BCUT2D eigenvalue weighted by Crippen LogP contribution is -2.34. The van der Waals surface area contributed by atoms with Crippen LogP contribution in [0.15, 0.2) is 4.52 Å². The van der Waals surface area contributed by atoms with E-state index in [-0.39, 0.29) is 24.1 Å². The van der Waals surface area contributed by atoms with Crippen molar-refractivity contribution in [1.82, 2.24) is 10.1 Å². The van der Waals surface area contributed by atoms with Gasteiger partial charge in [-0.3, -0.25) is 0 Å². The lowest BCUT2D eigenvalue weighted by molar-refractivity contribution is -0.136. The van der Waals surface area contributed by atoms with Crippen LogP contribution in [0.5, 0.6) is 0 Å². The van der Waals surface area contributed by atoms with Crippen molar-refractivity contribution in [3.05, 3.63) is 11.7 Å². The first-order valence-corrected chi connectivity index (χ1v) is 6.12. The van der Waals surface area contributed by atoms with Crippen LogP contribution >= 0.6 is 0 Å². The van der Waals surface area contributed by atoms with Gasteiger partial charge in [0.05, 0.1) is 5.54 Å². The summed E-state index contributed by atoms with van der Waals surface area (Å²) < 4.78 is 41.4. The van der Waals surface area contributed by atoms with Gasteiger partial charge < -0.3 is 10.3 Å². The molecule has 0 aliphatic heterocycles. The van der Waals surface area contributed by atoms with Crippen LogP contribution in [0.3, 0.4) is 0 Å². The maximum Gasteiger partial charge on any atom is 0.389 e. The van der Waals surface area contributed by atoms with Gasteiger partial charge in [0.2, 0.25) is 5.89 Å². The third-order valence-electron chi connectivity index (χ3n) is 2.73. The summed E-state index contributed by atoms with van der Waals surface area (Å²) in [5, 5.41) is 3.78. The molecule has 0 bridgehead atoms. The second-order valence-electron chi connectivity index (χ2n) is 6.06. The van der Waals surface area contributed by atoms with Gasteiger partial charge >= 0.3 is 6.18 Å². The van der Waals surface area contributed by atoms with Gasteiger partial charge in [0.1, 0.15) is 0 Å². The van der Waals surface area contributed by atoms with Crippen molar-refractivity contribution in [3.8, 4) is 0 Å². The predicted octanol–water partition coefficient (Wildman–Crippen LogP) is 3.27. The number of hydrogen-bond acceptors (Lipinski definition) is 4. The highest BCUT2D eigenvalue weighted by molar-refractivity contribution is 5.05. The van der Waals surface area contributed by atoms with Crippen LogP contribution in [-0.4, -0.2) is 16.3 Å². The summed E-state index contributed by atoms with van der Waals surface area (Å²) in [6, 6.07) is 0. The Labute approximate surface area is 110 Å². The highest BCUT2D eigenvalue weighted by Gasteiger charge is 2.33. The summed E-state index contributed by atoms with van der Waals surface area (Å²) in [4.78, 5) is 4.18. The molecule has 0 amide bonds. The molecule has 0 aromatic carbocycles. The molecule has 0 saturated carbocycles. The van der Waals surface area contributed by atoms with Gasteiger partial charge in [-0.25, -0.2) is 0 Å². The van der Waals surface area contributed by atoms with Gasteiger partial charge in [-0.05, 0) is 19.8 Å². The molecule has 1 heterocycles. The number of rotatable bonds is 4. The maximum atomic E-state index is 12.1. The molecule has 1 aromatic rings. The Morgan fingerprint density at radius 1 is 1.11 bits per heavy atom. The van der Waals surface area contributed by atoms with Gasteiger partial charge in [0.25, 0.3) is 0 Å². The Morgan fingerprint density at radius 2 is 1.68 bits per heavy atom. The minimum Gasteiger partial charge on any atom is -0.339 e. The Morgan fingerprint density at radius 3 is 2.11 bits per heavy atom. The first-order valence-electron chi connectivity index (χ1n) is 6.12. The Balaban J connectivity index is 2.69. The molecule has 1 atom stereocenters. The minimum absolute atomic E-state index is 0.0596. The number of nitrogens with zero attached hydrogens (tertiary/aromatic N) is 2. The van der Waals surface area contributed by atoms with E-state index in [1.807, 2.05) is 20.8 Å². The quantitative estimate of drug-likeness (QED) is 0.918. The summed E-state index contributed by atoms with van der Waals surface area (Å²) in [5.41, 5.74) is 4.64. The van der Waals surface area contributed by atoms with Crippen LogP contribution in [0.2, 0.25) is 0 Å². The van der Waals surface area contributed by atoms with Crippen LogP contribution in [-0.2, 0) is 11.0 Å². The molecule has 0 aliphatic carbocycles. The highest BCUT2D eigenvalue weighted by atomic mass is 19.4. The van der Waals surface area contributed by atoms with E-state index in [2.05, 4.69) is 10.1 Å². The van der Waals surface area contributed by atoms with E-state index < -0.39 is 18.1 Å². The number of alkyl halides is 3. The summed E-state index contributed by atoms with van der Waals surface area (Å²) >= 11 is 0. The number of aromatic nitrogens is 2. The molecule has 4 nitrogen and oxygen atoms in total. The zero-order valence-corrected chi connectivity index (χ0v) is 11.6. The van der Waals surface area contributed by atoms with Crippen molar-refractivity contribution >= 4 is 0 Å². The van der Waals surface area contributed by atoms with Crippen LogP contribution in [0.1, 0.15) is 58.7 Å². The van der Waals surface area contributed by atoms with E-state index in [9.17, 15) is 13.2 Å². The first kappa shape index (κ1) is 15.9. The molecule has 7 heteroatoms. The van der Waals surface area contributed by atoms with Crippen molar-refractivity contribution in [2.45, 2.75) is 64.1 Å². The third-order valence-corrected chi connectivity index (χ3v) is 2.73. The van der Waals surface area contributed by atoms with Gasteiger partial charge in [-0.15, -0.1) is 0 Å². The zero-order chi connectivity index (χ0) is 14.9. The molecule has 0 saturated heterocycles. The third kappa shape index (κ3) is 4.81. The van der Waals surface area contributed by atoms with Gasteiger partial charge in [-0.2, -0.15) is 18.2 Å². The molecule has 19 heavy (non-hydrogen) atoms. The largest absolute Gasteiger partial charge is 0.389 e.